The van der Waals surface area contributed by atoms with Crippen LogP contribution in [0.3, 0.4) is 0 Å². The van der Waals surface area contributed by atoms with E-state index < -0.39 is 0 Å². The smallest absolute Gasteiger partial charge is 0.263 e. The molecule has 0 radical (unpaired) electrons. The largest absolute Gasteiger partial charge is 0.348 e. The third-order valence-electron chi connectivity index (χ3n) is 4.35. The first-order chi connectivity index (χ1) is 9.60. The Bertz CT molecular complexity index is 483. The van der Waals surface area contributed by atoms with Crippen LogP contribution in [-0.4, -0.2) is 42.9 Å². The Labute approximate surface area is 123 Å². The molecule has 1 aromatic heterocycles. The fraction of sp³-hybridized carbons (Fsp3) is 0.667. The number of hydrogen-bond donors (Lipinski definition) is 0. The quantitative estimate of drug-likeness (QED) is 0.842. The van der Waals surface area contributed by atoms with E-state index in [1.165, 1.54) is 4.88 Å². The molecule has 2 aliphatic rings. The molecule has 1 saturated carbocycles. The number of hydrogen-bond acceptors (Lipinski definition) is 4. The summed E-state index contributed by atoms with van der Waals surface area (Å²) in [7, 11) is 1.91. The standard InChI is InChI=1S/C15H21NO3S/c1-11-3-4-13(20-11)14(17)16(2)12-5-7-15(8-6-12)18-9-10-19-15/h3-4,12H,5-10H2,1-2H3. The van der Waals surface area contributed by atoms with Crippen LogP contribution in [0, 0.1) is 6.92 Å². The molecule has 1 aromatic rings. The molecule has 2 heterocycles. The fourth-order valence-corrected chi connectivity index (χ4v) is 3.95. The Morgan fingerprint density at radius 3 is 2.50 bits per heavy atom. The molecular formula is C15H21NO3S. The minimum atomic E-state index is -0.347. The molecule has 1 spiro atoms. The normalized spacial score (nSPS) is 22.3. The highest BCUT2D eigenvalue weighted by atomic mass is 32.1. The van der Waals surface area contributed by atoms with Gasteiger partial charge in [0.15, 0.2) is 5.79 Å². The van der Waals surface area contributed by atoms with E-state index in [0.717, 1.165) is 30.6 Å². The molecule has 1 saturated heterocycles. The average Bonchev–Trinajstić information content (AvgIpc) is 3.08. The lowest BCUT2D eigenvalue weighted by atomic mass is 9.89. The second kappa shape index (κ2) is 5.47. The Morgan fingerprint density at radius 2 is 1.95 bits per heavy atom. The van der Waals surface area contributed by atoms with Crippen molar-refractivity contribution in [2.45, 2.75) is 44.4 Å². The fourth-order valence-electron chi connectivity index (χ4n) is 3.10. The Balaban J connectivity index is 1.61. The van der Waals surface area contributed by atoms with Gasteiger partial charge < -0.3 is 14.4 Å². The predicted octanol–water partition coefficient (Wildman–Crippen LogP) is 2.81. The highest BCUT2D eigenvalue weighted by molar-refractivity contribution is 7.13. The summed E-state index contributed by atoms with van der Waals surface area (Å²) in [5.74, 6) is -0.211. The minimum Gasteiger partial charge on any atom is -0.348 e. The lowest BCUT2D eigenvalue weighted by Gasteiger charge is -2.38. The van der Waals surface area contributed by atoms with Crippen molar-refractivity contribution in [2.75, 3.05) is 20.3 Å². The van der Waals surface area contributed by atoms with Crippen molar-refractivity contribution in [1.29, 1.82) is 0 Å². The zero-order chi connectivity index (χ0) is 14.2. The minimum absolute atomic E-state index is 0.136. The maximum Gasteiger partial charge on any atom is 0.263 e. The van der Waals surface area contributed by atoms with Gasteiger partial charge in [-0.25, -0.2) is 0 Å². The summed E-state index contributed by atoms with van der Waals surface area (Å²) in [4.78, 5) is 16.3. The van der Waals surface area contributed by atoms with Crippen LogP contribution in [0.15, 0.2) is 12.1 Å². The monoisotopic (exact) mass is 295 g/mol. The van der Waals surface area contributed by atoms with Crippen LogP contribution in [-0.2, 0) is 9.47 Å². The van der Waals surface area contributed by atoms with E-state index >= 15 is 0 Å². The topological polar surface area (TPSA) is 38.8 Å². The molecule has 110 valence electrons. The highest BCUT2D eigenvalue weighted by Crippen LogP contribution is 2.37. The molecule has 0 atom stereocenters. The molecular weight excluding hydrogens is 274 g/mol. The third-order valence-corrected chi connectivity index (χ3v) is 5.34. The number of carbonyl (C=O) groups is 1. The lowest BCUT2D eigenvalue weighted by molar-refractivity contribution is -0.182. The van der Waals surface area contributed by atoms with Crippen molar-refractivity contribution in [1.82, 2.24) is 4.90 Å². The van der Waals surface area contributed by atoms with E-state index in [1.807, 2.05) is 31.0 Å². The number of nitrogens with zero attached hydrogens (tertiary/aromatic N) is 1. The lowest BCUT2D eigenvalue weighted by Crippen LogP contribution is -2.44. The predicted molar refractivity (Wildman–Crippen MR) is 78.0 cm³/mol. The van der Waals surface area contributed by atoms with Crippen molar-refractivity contribution in [2.24, 2.45) is 0 Å². The number of ether oxygens (including phenoxy) is 2. The van der Waals surface area contributed by atoms with Gasteiger partial charge in [-0.15, -0.1) is 11.3 Å². The molecule has 20 heavy (non-hydrogen) atoms. The van der Waals surface area contributed by atoms with Crippen LogP contribution >= 0.6 is 11.3 Å². The Morgan fingerprint density at radius 1 is 1.30 bits per heavy atom. The molecule has 4 nitrogen and oxygen atoms in total. The van der Waals surface area contributed by atoms with E-state index in [9.17, 15) is 4.79 Å². The van der Waals surface area contributed by atoms with Crippen molar-refractivity contribution in [3.63, 3.8) is 0 Å². The summed E-state index contributed by atoms with van der Waals surface area (Å²) in [6.45, 7) is 3.43. The number of amides is 1. The van der Waals surface area contributed by atoms with Crippen LogP contribution in [0.4, 0.5) is 0 Å². The van der Waals surface area contributed by atoms with E-state index in [0.29, 0.717) is 19.3 Å². The van der Waals surface area contributed by atoms with Gasteiger partial charge in [-0.3, -0.25) is 4.79 Å². The second-order valence-electron chi connectivity index (χ2n) is 5.67. The van der Waals surface area contributed by atoms with Gasteiger partial charge in [0.25, 0.3) is 5.91 Å². The Kier molecular flexibility index (Phi) is 3.84. The molecule has 1 aliphatic carbocycles. The van der Waals surface area contributed by atoms with Gasteiger partial charge in [0.05, 0.1) is 18.1 Å². The van der Waals surface area contributed by atoms with Crippen molar-refractivity contribution in [3.8, 4) is 0 Å². The third kappa shape index (κ3) is 2.62. The molecule has 1 amide bonds. The first-order valence-electron chi connectivity index (χ1n) is 7.21. The maximum absolute atomic E-state index is 12.4. The van der Waals surface area contributed by atoms with E-state index in [-0.39, 0.29) is 11.7 Å². The number of thiophene rings is 1. The van der Waals surface area contributed by atoms with Crippen molar-refractivity contribution in [3.05, 3.63) is 21.9 Å². The first-order valence-corrected chi connectivity index (χ1v) is 8.03. The highest BCUT2D eigenvalue weighted by Gasteiger charge is 2.41. The van der Waals surface area contributed by atoms with E-state index in [4.69, 9.17) is 9.47 Å². The summed E-state index contributed by atoms with van der Waals surface area (Å²) < 4.78 is 11.5. The summed E-state index contributed by atoms with van der Waals surface area (Å²) in [6, 6.07) is 4.22. The van der Waals surface area contributed by atoms with Crippen LogP contribution in [0.1, 0.15) is 40.2 Å². The van der Waals surface area contributed by atoms with Gasteiger partial charge in [-0.1, -0.05) is 0 Å². The van der Waals surface area contributed by atoms with Gasteiger partial charge in [0, 0.05) is 30.8 Å². The number of carbonyl (C=O) groups excluding carboxylic acids is 1. The van der Waals surface area contributed by atoms with Gasteiger partial charge >= 0.3 is 0 Å². The van der Waals surface area contributed by atoms with Crippen LogP contribution in [0.2, 0.25) is 0 Å². The van der Waals surface area contributed by atoms with Crippen LogP contribution in [0.25, 0.3) is 0 Å². The van der Waals surface area contributed by atoms with Gasteiger partial charge in [-0.05, 0) is 31.9 Å². The maximum atomic E-state index is 12.4. The summed E-state index contributed by atoms with van der Waals surface area (Å²) in [5.41, 5.74) is 0. The van der Waals surface area contributed by atoms with Crippen molar-refractivity contribution < 1.29 is 14.3 Å². The zero-order valence-electron chi connectivity index (χ0n) is 12.1. The molecule has 0 N–H and O–H groups in total. The molecule has 0 unspecified atom stereocenters. The van der Waals surface area contributed by atoms with Gasteiger partial charge in [0.2, 0.25) is 0 Å². The van der Waals surface area contributed by atoms with E-state index in [2.05, 4.69) is 0 Å². The zero-order valence-corrected chi connectivity index (χ0v) is 12.9. The van der Waals surface area contributed by atoms with Crippen LogP contribution in [0.5, 0.6) is 0 Å². The molecule has 2 fully saturated rings. The molecule has 0 aromatic carbocycles. The summed E-state index contributed by atoms with van der Waals surface area (Å²) >= 11 is 1.57. The second-order valence-corrected chi connectivity index (χ2v) is 6.95. The molecule has 5 heteroatoms. The molecule has 1 aliphatic heterocycles. The van der Waals surface area contributed by atoms with Crippen LogP contribution < -0.4 is 0 Å². The Hall–Kier alpha value is -0.910. The SMILES string of the molecule is Cc1ccc(C(=O)N(C)C2CCC3(CC2)OCCO3)s1. The average molecular weight is 295 g/mol. The van der Waals surface area contributed by atoms with Gasteiger partial charge in [0.1, 0.15) is 0 Å². The number of rotatable bonds is 2. The summed E-state index contributed by atoms with van der Waals surface area (Å²) in [6.07, 6.45) is 3.68. The first kappa shape index (κ1) is 14.0. The summed E-state index contributed by atoms with van der Waals surface area (Å²) in [5, 5.41) is 0. The van der Waals surface area contributed by atoms with Crippen molar-refractivity contribution >= 4 is 17.2 Å². The van der Waals surface area contributed by atoms with E-state index in [1.54, 1.807) is 11.3 Å². The number of aryl methyl sites for hydroxylation is 1. The molecule has 0 bridgehead atoms. The molecule has 3 rings (SSSR count). The van der Waals surface area contributed by atoms with Gasteiger partial charge in [-0.2, -0.15) is 0 Å².